The number of nitrogens with one attached hydrogen (secondary N) is 4. The third-order valence-electron chi connectivity index (χ3n) is 5.89. The van der Waals surface area contributed by atoms with Crippen LogP contribution in [0.5, 0.6) is 11.5 Å². The molecule has 41 heavy (non-hydrogen) atoms. The molecule has 0 aliphatic rings. The number of methoxy groups -OCH3 is 1. The molecule has 0 saturated carbocycles. The Morgan fingerprint density at radius 3 is 2.71 bits per heavy atom. The standard InChI is InChI=1S/C26H29FN8O6/c1-3-40-25(37)18-13-30-33-24(18)35-26(38)32-23(34-35)21(31-15-7-5-14(6-8-15)22(28)29)17-11-16(39-2)12-19(20(17)27)41-10-4-9-36/h5-8,11-13,21,31,36H,3-4,9-10H2,1-2H3,(H3,28,29)(H,30,33)(H,32,34,38). The third-order valence-corrected chi connectivity index (χ3v) is 5.89. The third kappa shape index (κ3) is 6.36. The Morgan fingerprint density at radius 1 is 1.29 bits per heavy atom. The molecule has 14 nitrogen and oxygen atoms in total. The van der Waals surface area contributed by atoms with E-state index in [9.17, 15) is 9.59 Å². The zero-order valence-corrected chi connectivity index (χ0v) is 22.2. The summed E-state index contributed by atoms with van der Waals surface area (Å²) in [7, 11) is 1.41. The molecule has 1 unspecified atom stereocenters. The van der Waals surface area contributed by atoms with Crippen molar-refractivity contribution in [3.8, 4) is 17.3 Å². The van der Waals surface area contributed by atoms with Crippen LogP contribution in [-0.2, 0) is 4.74 Å². The van der Waals surface area contributed by atoms with Gasteiger partial charge < -0.3 is 30.4 Å². The van der Waals surface area contributed by atoms with Gasteiger partial charge in [0.1, 0.15) is 23.2 Å². The summed E-state index contributed by atoms with van der Waals surface area (Å²) in [6, 6.07) is 8.14. The molecule has 2 aromatic heterocycles. The van der Waals surface area contributed by atoms with Gasteiger partial charge in [-0.25, -0.2) is 14.0 Å². The Bertz CT molecular complexity index is 1580. The smallest absolute Gasteiger partial charge is 0.349 e. The quantitative estimate of drug-likeness (QED) is 0.0597. The van der Waals surface area contributed by atoms with Crippen molar-refractivity contribution in [1.29, 1.82) is 5.41 Å². The lowest BCUT2D eigenvalue weighted by molar-refractivity contribution is 0.0526. The number of nitrogen functional groups attached to an aromatic ring is 1. The Hall–Kier alpha value is -5.18. The van der Waals surface area contributed by atoms with Crippen molar-refractivity contribution in [1.82, 2.24) is 25.0 Å². The van der Waals surface area contributed by atoms with Gasteiger partial charge in [-0.1, -0.05) is 0 Å². The largest absolute Gasteiger partial charge is 0.497 e. The minimum absolute atomic E-state index is 0.00937. The summed E-state index contributed by atoms with van der Waals surface area (Å²) in [4.78, 5) is 28.0. The van der Waals surface area contributed by atoms with Crippen LogP contribution < -0.4 is 26.2 Å². The molecule has 0 aliphatic carbocycles. The number of amidine groups is 1. The van der Waals surface area contributed by atoms with Crippen LogP contribution in [0.4, 0.5) is 10.1 Å². The van der Waals surface area contributed by atoms with E-state index in [0.717, 1.165) is 4.68 Å². The topological polar surface area (TPSA) is 206 Å². The zero-order valence-electron chi connectivity index (χ0n) is 22.2. The van der Waals surface area contributed by atoms with Crippen molar-refractivity contribution in [3.63, 3.8) is 0 Å². The molecule has 2 aromatic carbocycles. The van der Waals surface area contributed by atoms with Crippen LogP contribution in [0.1, 0.15) is 46.7 Å². The number of anilines is 1. The number of halogens is 1. The van der Waals surface area contributed by atoms with E-state index in [4.69, 9.17) is 30.5 Å². The molecule has 7 N–H and O–H groups in total. The molecule has 0 radical (unpaired) electrons. The van der Waals surface area contributed by atoms with E-state index in [1.165, 1.54) is 25.4 Å². The first-order chi connectivity index (χ1) is 19.8. The molecule has 0 spiro atoms. The van der Waals surface area contributed by atoms with Crippen molar-refractivity contribution >= 4 is 17.5 Å². The van der Waals surface area contributed by atoms with Crippen LogP contribution in [0.25, 0.3) is 5.82 Å². The predicted octanol–water partition coefficient (Wildman–Crippen LogP) is 1.85. The average Bonchev–Trinajstić information content (AvgIpc) is 3.60. The number of ether oxygens (including phenoxy) is 3. The van der Waals surface area contributed by atoms with E-state index in [0.29, 0.717) is 11.3 Å². The Kier molecular flexibility index (Phi) is 8.98. The first-order valence-electron chi connectivity index (χ1n) is 12.5. The molecule has 4 aromatic rings. The van der Waals surface area contributed by atoms with Crippen LogP contribution in [0.3, 0.4) is 0 Å². The molecule has 0 bridgehead atoms. The second-order valence-electron chi connectivity index (χ2n) is 8.60. The number of esters is 1. The summed E-state index contributed by atoms with van der Waals surface area (Å²) in [5.41, 5.74) is 5.76. The minimum Gasteiger partial charge on any atom is -0.497 e. The van der Waals surface area contributed by atoms with E-state index < -0.39 is 23.5 Å². The fourth-order valence-corrected chi connectivity index (χ4v) is 3.90. The number of hydrogen-bond acceptors (Lipinski definition) is 10. The molecule has 1 atom stereocenters. The number of hydrogen-bond donors (Lipinski definition) is 6. The summed E-state index contributed by atoms with van der Waals surface area (Å²) in [6.07, 6.45) is 1.49. The predicted molar refractivity (Wildman–Crippen MR) is 145 cm³/mol. The maximum atomic E-state index is 15.9. The monoisotopic (exact) mass is 568 g/mol. The van der Waals surface area contributed by atoms with Gasteiger partial charge in [-0.05, 0) is 37.3 Å². The van der Waals surface area contributed by atoms with Gasteiger partial charge in [0.05, 0.1) is 26.5 Å². The van der Waals surface area contributed by atoms with E-state index in [1.54, 1.807) is 31.2 Å². The zero-order chi connectivity index (χ0) is 29.5. The molecule has 0 fully saturated rings. The number of aliphatic hydroxyl groups is 1. The van der Waals surface area contributed by atoms with Gasteiger partial charge in [-0.2, -0.15) is 9.78 Å². The van der Waals surface area contributed by atoms with E-state index >= 15 is 4.39 Å². The fourth-order valence-electron chi connectivity index (χ4n) is 3.90. The number of benzene rings is 2. The van der Waals surface area contributed by atoms with Crippen molar-refractivity contribution in [2.45, 2.75) is 19.4 Å². The molecular formula is C26H29FN8O6. The van der Waals surface area contributed by atoms with Gasteiger partial charge in [0.2, 0.25) is 0 Å². The average molecular weight is 569 g/mol. The summed E-state index contributed by atoms with van der Waals surface area (Å²) < 4.78 is 32.8. The van der Waals surface area contributed by atoms with Gasteiger partial charge in [0.15, 0.2) is 23.2 Å². The number of nitrogens with zero attached hydrogens (tertiary/aromatic N) is 3. The summed E-state index contributed by atoms with van der Waals surface area (Å²) in [5.74, 6) is -1.53. The van der Waals surface area contributed by atoms with Crippen molar-refractivity contribution in [3.05, 3.63) is 81.4 Å². The normalized spacial score (nSPS) is 11.6. The number of aromatic nitrogens is 5. The lowest BCUT2D eigenvalue weighted by Crippen LogP contribution is -2.19. The van der Waals surface area contributed by atoms with Gasteiger partial charge in [0, 0.05) is 35.9 Å². The molecule has 4 rings (SSSR count). The molecule has 0 aliphatic heterocycles. The second kappa shape index (κ2) is 12.8. The Labute approximate surface area is 232 Å². The van der Waals surface area contributed by atoms with E-state index in [-0.39, 0.29) is 66.3 Å². The van der Waals surface area contributed by atoms with E-state index in [1.807, 2.05) is 0 Å². The van der Waals surface area contributed by atoms with Gasteiger partial charge >= 0.3 is 11.7 Å². The van der Waals surface area contributed by atoms with Gasteiger partial charge in [-0.3, -0.25) is 15.5 Å². The summed E-state index contributed by atoms with van der Waals surface area (Å²) >= 11 is 0. The number of rotatable bonds is 13. The first-order valence-corrected chi connectivity index (χ1v) is 12.5. The summed E-state index contributed by atoms with van der Waals surface area (Å²) in [5, 5.41) is 30.6. The van der Waals surface area contributed by atoms with Crippen LogP contribution in [0.2, 0.25) is 0 Å². The molecule has 15 heteroatoms. The number of nitrogens with two attached hydrogens (primary N) is 1. The Balaban J connectivity index is 1.83. The van der Waals surface area contributed by atoms with Gasteiger partial charge in [0.25, 0.3) is 0 Å². The number of aliphatic hydroxyl groups excluding tert-OH is 1. The lowest BCUT2D eigenvalue weighted by atomic mass is 10.0. The molecule has 0 saturated heterocycles. The van der Waals surface area contributed by atoms with Crippen molar-refractivity contribution < 1.29 is 28.5 Å². The molecule has 2 heterocycles. The van der Waals surface area contributed by atoms with E-state index in [2.05, 4.69) is 25.6 Å². The number of carbonyl (C=O) groups excluding carboxylic acids is 1. The van der Waals surface area contributed by atoms with Crippen LogP contribution in [-0.4, -0.2) is 68.8 Å². The van der Waals surface area contributed by atoms with Crippen LogP contribution >= 0.6 is 0 Å². The summed E-state index contributed by atoms with van der Waals surface area (Å²) in [6.45, 7) is 1.65. The maximum absolute atomic E-state index is 15.9. The van der Waals surface area contributed by atoms with Crippen LogP contribution in [0, 0.1) is 11.2 Å². The van der Waals surface area contributed by atoms with Crippen molar-refractivity contribution in [2.24, 2.45) is 5.73 Å². The lowest BCUT2D eigenvalue weighted by Gasteiger charge is -2.21. The molecular weight excluding hydrogens is 539 g/mol. The highest BCUT2D eigenvalue weighted by Crippen LogP contribution is 2.35. The number of H-pyrrole nitrogens is 2. The SMILES string of the molecule is CCOC(=O)c1cn[nH]c1-n1nc(C(Nc2ccc(C(=N)N)cc2)c2cc(OC)cc(OCCCO)c2F)[nH]c1=O. The second-order valence-corrected chi connectivity index (χ2v) is 8.60. The van der Waals surface area contributed by atoms with Gasteiger partial charge in [-0.15, -0.1) is 5.10 Å². The minimum atomic E-state index is -1.11. The van der Waals surface area contributed by atoms with Crippen molar-refractivity contribution in [2.75, 3.05) is 32.2 Å². The highest BCUT2D eigenvalue weighted by Gasteiger charge is 2.28. The Morgan fingerprint density at radius 2 is 2.05 bits per heavy atom. The first kappa shape index (κ1) is 28.8. The number of carbonyl (C=O) groups is 1. The number of aromatic amines is 2. The highest BCUT2D eigenvalue weighted by molar-refractivity contribution is 5.95. The highest BCUT2D eigenvalue weighted by atomic mass is 19.1. The van der Waals surface area contributed by atoms with Crippen LogP contribution in [0.15, 0.2) is 47.4 Å². The fraction of sp³-hybridized carbons (Fsp3) is 0.269. The maximum Gasteiger partial charge on any atom is 0.349 e. The molecule has 216 valence electrons. The molecule has 0 amide bonds.